The summed E-state index contributed by atoms with van der Waals surface area (Å²) in [5.41, 5.74) is -0.548. The van der Waals surface area contributed by atoms with Gasteiger partial charge in [0, 0.05) is 38.8 Å². The lowest BCUT2D eigenvalue weighted by molar-refractivity contribution is -0.133. The van der Waals surface area contributed by atoms with Crippen molar-refractivity contribution in [3.8, 4) is 0 Å². The molecule has 3 rings (SSSR count). The minimum Gasteiger partial charge on any atom is -0.390 e. The van der Waals surface area contributed by atoms with Crippen molar-refractivity contribution in [1.29, 1.82) is 0 Å². The fraction of sp³-hybridized carbons (Fsp3) is 0.652. The molecule has 0 bridgehead atoms. The predicted octanol–water partition coefficient (Wildman–Crippen LogP) is 1.57. The number of rotatable bonds is 9. The van der Waals surface area contributed by atoms with Crippen molar-refractivity contribution in [2.75, 3.05) is 19.8 Å². The second-order valence-electron chi connectivity index (χ2n) is 8.89. The van der Waals surface area contributed by atoms with E-state index in [9.17, 15) is 23.5 Å². The van der Waals surface area contributed by atoms with Gasteiger partial charge in [0.25, 0.3) is 0 Å². The average Bonchev–Trinajstić information content (AvgIpc) is 3.24. The summed E-state index contributed by atoms with van der Waals surface area (Å²) in [5.74, 6) is -1.91. The van der Waals surface area contributed by atoms with E-state index in [1.807, 2.05) is 0 Å². The molecular formula is C23H33F2N3O4. The molecule has 2 fully saturated rings. The molecule has 1 aromatic rings. The number of aliphatic hydroxyl groups excluding tert-OH is 1. The summed E-state index contributed by atoms with van der Waals surface area (Å²) in [6.45, 7) is 2.20. The molecule has 0 aromatic heterocycles. The lowest BCUT2D eigenvalue weighted by atomic mass is 9.87. The summed E-state index contributed by atoms with van der Waals surface area (Å²) in [6, 6.07) is 2.51. The van der Waals surface area contributed by atoms with E-state index in [2.05, 4.69) is 16.0 Å². The highest BCUT2D eigenvalue weighted by atomic mass is 19.1. The van der Waals surface area contributed by atoms with E-state index in [0.717, 1.165) is 31.7 Å². The van der Waals surface area contributed by atoms with Gasteiger partial charge >= 0.3 is 0 Å². The van der Waals surface area contributed by atoms with Gasteiger partial charge in [0.15, 0.2) is 0 Å². The fourth-order valence-electron chi connectivity index (χ4n) is 4.57. The van der Waals surface area contributed by atoms with Gasteiger partial charge in [-0.1, -0.05) is 12.8 Å². The molecular weight excluding hydrogens is 420 g/mol. The highest BCUT2D eigenvalue weighted by molar-refractivity contribution is 5.86. The first-order valence-electron chi connectivity index (χ1n) is 11.3. The van der Waals surface area contributed by atoms with Gasteiger partial charge in [-0.2, -0.15) is 0 Å². The predicted molar refractivity (Wildman–Crippen MR) is 115 cm³/mol. The van der Waals surface area contributed by atoms with Crippen molar-refractivity contribution in [2.24, 2.45) is 0 Å². The van der Waals surface area contributed by atoms with Crippen LogP contribution in [0.15, 0.2) is 18.2 Å². The van der Waals surface area contributed by atoms with Crippen molar-refractivity contribution in [2.45, 2.75) is 75.6 Å². The Kier molecular flexibility index (Phi) is 8.56. The van der Waals surface area contributed by atoms with Crippen LogP contribution in [-0.4, -0.2) is 60.4 Å². The van der Waals surface area contributed by atoms with Gasteiger partial charge in [0.05, 0.1) is 12.1 Å². The molecule has 1 aliphatic heterocycles. The van der Waals surface area contributed by atoms with Crippen LogP contribution in [0.25, 0.3) is 0 Å². The number of benzene rings is 1. The molecule has 7 nitrogen and oxygen atoms in total. The number of β-amino-alcohol motifs (C(OH)–C–C–N with tert-alkyl or cyclic N) is 1. The Morgan fingerprint density at radius 2 is 1.78 bits per heavy atom. The Hall–Kier alpha value is -2.10. The highest BCUT2D eigenvalue weighted by Gasteiger charge is 2.41. The summed E-state index contributed by atoms with van der Waals surface area (Å²) >= 11 is 0. The van der Waals surface area contributed by atoms with E-state index in [1.165, 1.54) is 19.1 Å². The monoisotopic (exact) mass is 453 g/mol. The zero-order valence-electron chi connectivity index (χ0n) is 18.5. The third kappa shape index (κ3) is 6.70. The average molecular weight is 454 g/mol. The van der Waals surface area contributed by atoms with Gasteiger partial charge in [-0.3, -0.25) is 9.59 Å². The van der Waals surface area contributed by atoms with Gasteiger partial charge < -0.3 is 25.8 Å². The number of halogens is 2. The Morgan fingerprint density at radius 1 is 1.16 bits per heavy atom. The van der Waals surface area contributed by atoms with Crippen LogP contribution < -0.4 is 16.0 Å². The normalized spacial score (nSPS) is 20.5. The molecule has 2 atom stereocenters. The fourth-order valence-corrected chi connectivity index (χ4v) is 4.57. The van der Waals surface area contributed by atoms with Crippen LogP contribution in [0, 0.1) is 11.6 Å². The Labute approximate surface area is 187 Å². The zero-order chi connectivity index (χ0) is 23.1. The molecule has 2 amide bonds. The van der Waals surface area contributed by atoms with Crippen LogP contribution in [0.1, 0.15) is 51.0 Å². The molecule has 9 heteroatoms. The quantitative estimate of drug-likeness (QED) is 0.455. The van der Waals surface area contributed by atoms with Gasteiger partial charge in [0.2, 0.25) is 11.8 Å². The molecule has 2 aliphatic rings. The highest BCUT2D eigenvalue weighted by Crippen LogP contribution is 2.24. The van der Waals surface area contributed by atoms with Crippen molar-refractivity contribution < 1.29 is 28.2 Å². The largest absolute Gasteiger partial charge is 0.390 e. The van der Waals surface area contributed by atoms with Crippen molar-refractivity contribution in [3.05, 3.63) is 35.4 Å². The first-order valence-corrected chi connectivity index (χ1v) is 11.3. The molecule has 2 unspecified atom stereocenters. The molecule has 1 aliphatic carbocycles. The molecule has 1 saturated carbocycles. The summed E-state index contributed by atoms with van der Waals surface area (Å²) in [4.78, 5) is 24.8. The third-order valence-electron chi connectivity index (χ3n) is 6.35. The summed E-state index contributed by atoms with van der Waals surface area (Å²) in [7, 11) is 0. The molecule has 0 spiro atoms. The second kappa shape index (κ2) is 11.2. The van der Waals surface area contributed by atoms with E-state index in [4.69, 9.17) is 4.74 Å². The number of hydrogen-bond donors (Lipinski definition) is 4. The number of hydrogen-bond acceptors (Lipinski definition) is 5. The molecule has 32 heavy (non-hydrogen) atoms. The number of aliphatic hydroxyl groups is 1. The second-order valence-corrected chi connectivity index (χ2v) is 8.89. The number of carbonyl (C=O) groups is 2. The Bertz CT molecular complexity index is 775. The number of nitrogens with one attached hydrogen (secondary N) is 3. The topological polar surface area (TPSA) is 99.7 Å². The van der Waals surface area contributed by atoms with E-state index in [-0.39, 0.29) is 30.8 Å². The van der Waals surface area contributed by atoms with Crippen LogP contribution in [0.2, 0.25) is 0 Å². The minimum absolute atomic E-state index is 0.0286. The molecule has 178 valence electrons. The maximum atomic E-state index is 13.6. The van der Waals surface area contributed by atoms with Crippen LogP contribution in [-0.2, 0) is 20.7 Å². The third-order valence-corrected chi connectivity index (χ3v) is 6.35. The van der Waals surface area contributed by atoms with Gasteiger partial charge in [-0.15, -0.1) is 0 Å². The molecule has 0 radical (unpaired) electrons. The lowest BCUT2D eigenvalue weighted by Crippen LogP contribution is -2.63. The SMILES string of the molecule is CC(=O)NC(Cc1cc(F)cc(F)c1)C(O)CNC1(C(=O)NC2CCCC2)CCOCC1. The van der Waals surface area contributed by atoms with E-state index >= 15 is 0 Å². The maximum Gasteiger partial charge on any atom is 0.240 e. The van der Waals surface area contributed by atoms with Crippen molar-refractivity contribution >= 4 is 11.8 Å². The molecule has 4 N–H and O–H groups in total. The number of amides is 2. The Morgan fingerprint density at radius 3 is 2.38 bits per heavy atom. The molecule has 1 heterocycles. The van der Waals surface area contributed by atoms with Crippen molar-refractivity contribution in [3.63, 3.8) is 0 Å². The van der Waals surface area contributed by atoms with Crippen LogP contribution in [0.5, 0.6) is 0 Å². The van der Waals surface area contributed by atoms with Gasteiger partial charge in [-0.05, 0) is 49.8 Å². The standard InChI is InChI=1S/C23H33F2N3O4/c1-15(29)27-20(12-16-10-17(24)13-18(25)11-16)21(30)14-26-23(6-8-32-9-7-23)22(31)28-19-4-2-3-5-19/h10-11,13,19-21,26,30H,2-9,12,14H2,1H3,(H,27,29)(H,28,31). The maximum absolute atomic E-state index is 13.6. The first kappa shape index (κ1) is 24.5. The van der Waals surface area contributed by atoms with Crippen molar-refractivity contribution in [1.82, 2.24) is 16.0 Å². The molecule has 1 saturated heterocycles. The van der Waals surface area contributed by atoms with E-state index in [1.54, 1.807) is 0 Å². The van der Waals surface area contributed by atoms with Crippen LogP contribution >= 0.6 is 0 Å². The lowest BCUT2D eigenvalue weighted by Gasteiger charge is -2.38. The summed E-state index contributed by atoms with van der Waals surface area (Å²) < 4.78 is 32.6. The van der Waals surface area contributed by atoms with Gasteiger partial charge in [0.1, 0.15) is 17.2 Å². The first-order chi connectivity index (χ1) is 15.3. The summed E-state index contributed by atoms with van der Waals surface area (Å²) in [5, 5.41) is 19.9. The van der Waals surface area contributed by atoms with Gasteiger partial charge in [-0.25, -0.2) is 8.78 Å². The zero-order valence-corrected chi connectivity index (χ0v) is 18.5. The van der Waals surface area contributed by atoms with Crippen LogP contribution in [0.3, 0.4) is 0 Å². The summed E-state index contributed by atoms with van der Waals surface area (Å²) in [6.07, 6.45) is 4.05. The molecule has 1 aromatic carbocycles. The smallest absolute Gasteiger partial charge is 0.240 e. The van der Waals surface area contributed by atoms with E-state index in [0.29, 0.717) is 31.6 Å². The minimum atomic E-state index is -1.08. The Balaban J connectivity index is 1.67. The number of carbonyl (C=O) groups excluding carboxylic acids is 2. The van der Waals surface area contributed by atoms with Crippen LogP contribution in [0.4, 0.5) is 8.78 Å². The van der Waals surface area contributed by atoms with E-state index < -0.39 is 29.3 Å². The number of ether oxygens (including phenoxy) is 1.